The molecule has 1 nitrogen and oxygen atoms in total. The van der Waals surface area contributed by atoms with E-state index in [0.717, 1.165) is 13.1 Å². The fourth-order valence-corrected chi connectivity index (χ4v) is 1.13. The van der Waals surface area contributed by atoms with Gasteiger partial charge in [-0.2, -0.15) is 0 Å². The van der Waals surface area contributed by atoms with E-state index in [2.05, 4.69) is 31.3 Å². The maximum Gasteiger partial charge on any atom is 0.0208 e. The van der Waals surface area contributed by atoms with Gasteiger partial charge in [-0.3, -0.25) is 0 Å². The fourth-order valence-electron chi connectivity index (χ4n) is 1.13. The van der Waals surface area contributed by atoms with Crippen LogP contribution in [0.25, 0.3) is 0 Å². The van der Waals surface area contributed by atoms with Crippen LogP contribution in [0.2, 0.25) is 0 Å². The molecule has 1 heteroatoms. The number of hydrogen-bond acceptors (Lipinski definition) is 1. The van der Waals surface area contributed by atoms with Gasteiger partial charge in [0.25, 0.3) is 0 Å². The molecule has 0 radical (unpaired) electrons. The lowest BCUT2D eigenvalue weighted by Crippen LogP contribution is -2.04. The quantitative estimate of drug-likeness (QED) is 0.514. The predicted molar refractivity (Wildman–Crippen MR) is 40.4 cm³/mol. The van der Waals surface area contributed by atoms with E-state index in [1.54, 1.807) is 0 Å². The van der Waals surface area contributed by atoms with Gasteiger partial charge in [0.1, 0.15) is 0 Å². The molecule has 0 spiro atoms. The summed E-state index contributed by atoms with van der Waals surface area (Å²) in [6.45, 7) is 6.28. The number of hydrogen-bond donors (Lipinski definition) is 1. The molecule has 1 heterocycles. The second-order valence-corrected chi connectivity index (χ2v) is 2.23. The van der Waals surface area contributed by atoms with Crippen LogP contribution in [0, 0.1) is 0 Å². The van der Waals surface area contributed by atoms with E-state index in [0.29, 0.717) is 0 Å². The van der Waals surface area contributed by atoms with Gasteiger partial charge in [0.15, 0.2) is 0 Å². The van der Waals surface area contributed by atoms with Crippen molar-refractivity contribution >= 4 is 0 Å². The van der Waals surface area contributed by atoms with E-state index in [-0.39, 0.29) is 0 Å². The highest BCUT2D eigenvalue weighted by atomic mass is 14.9. The molecule has 0 atom stereocenters. The van der Waals surface area contributed by atoms with Gasteiger partial charge in [-0.1, -0.05) is 12.2 Å². The first kappa shape index (κ1) is 6.56. The van der Waals surface area contributed by atoms with E-state index < -0.39 is 0 Å². The van der Waals surface area contributed by atoms with Crippen LogP contribution in [0.15, 0.2) is 23.3 Å². The molecule has 1 rings (SSSR count). The molecule has 0 saturated carbocycles. The molecule has 1 N–H and O–H groups in total. The van der Waals surface area contributed by atoms with E-state index in [1.807, 2.05) is 0 Å². The Balaban J connectivity index is 2.75. The number of nitrogens with one attached hydrogen (secondary N) is 1. The third-order valence-electron chi connectivity index (χ3n) is 1.74. The molecule has 0 aromatic carbocycles. The van der Waals surface area contributed by atoms with Gasteiger partial charge in [-0.05, 0) is 25.0 Å². The average molecular weight is 123 g/mol. The van der Waals surface area contributed by atoms with Gasteiger partial charge in [-0.25, -0.2) is 0 Å². The zero-order valence-corrected chi connectivity index (χ0v) is 6.07. The summed E-state index contributed by atoms with van der Waals surface area (Å²) >= 11 is 0. The van der Waals surface area contributed by atoms with Crippen LogP contribution in [-0.2, 0) is 0 Å². The van der Waals surface area contributed by atoms with E-state index in [9.17, 15) is 0 Å². The van der Waals surface area contributed by atoms with Crippen molar-refractivity contribution < 1.29 is 0 Å². The Labute approximate surface area is 56.5 Å². The first-order chi connectivity index (χ1) is 4.38. The van der Waals surface area contributed by atoms with Crippen molar-refractivity contribution in [2.45, 2.75) is 13.8 Å². The van der Waals surface area contributed by atoms with Crippen LogP contribution >= 0.6 is 0 Å². The summed E-state index contributed by atoms with van der Waals surface area (Å²) < 4.78 is 0. The molecule has 50 valence electrons. The lowest BCUT2D eigenvalue weighted by Gasteiger charge is -1.93. The summed E-state index contributed by atoms with van der Waals surface area (Å²) in [6, 6.07) is 0. The Bertz CT molecular complexity index is 136. The first-order valence-corrected chi connectivity index (χ1v) is 3.40. The first-order valence-electron chi connectivity index (χ1n) is 3.40. The van der Waals surface area contributed by atoms with Crippen molar-refractivity contribution in [1.29, 1.82) is 0 Å². The summed E-state index contributed by atoms with van der Waals surface area (Å²) in [5.41, 5.74) is 2.91. The third kappa shape index (κ3) is 1.22. The average Bonchev–Trinajstić information content (AvgIpc) is 2.33. The van der Waals surface area contributed by atoms with Crippen molar-refractivity contribution in [3.63, 3.8) is 0 Å². The highest BCUT2D eigenvalue weighted by molar-refractivity contribution is 5.36. The van der Waals surface area contributed by atoms with Crippen molar-refractivity contribution in [3.05, 3.63) is 23.3 Å². The Hall–Kier alpha value is -0.560. The van der Waals surface area contributed by atoms with Gasteiger partial charge in [0, 0.05) is 13.1 Å². The maximum absolute atomic E-state index is 3.29. The Morgan fingerprint density at radius 2 is 1.56 bits per heavy atom. The molecule has 1 aliphatic rings. The Kier molecular flexibility index (Phi) is 2.06. The predicted octanol–water partition coefficient (Wildman–Crippen LogP) is 1.48. The van der Waals surface area contributed by atoms with Crippen molar-refractivity contribution in [3.8, 4) is 0 Å². The van der Waals surface area contributed by atoms with Crippen LogP contribution in [-0.4, -0.2) is 13.1 Å². The Morgan fingerprint density at radius 3 is 1.89 bits per heavy atom. The molecule has 1 fully saturated rings. The monoisotopic (exact) mass is 123 g/mol. The van der Waals surface area contributed by atoms with Gasteiger partial charge in [-0.15, -0.1) is 0 Å². The molecule has 0 aromatic heterocycles. The maximum atomic E-state index is 3.29. The normalized spacial score (nSPS) is 28.2. The van der Waals surface area contributed by atoms with Gasteiger partial charge >= 0.3 is 0 Å². The molecule has 0 aromatic rings. The third-order valence-corrected chi connectivity index (χ3v) is 1.74. The lowest BCUT2D eigenvalue weighted by atomic mass is 10.1. The summed E-state index contributed by atoms with van der Waals surface area (Å²) in [5, 5.41) is 3.29. The van der Waals surface area contributed by atoms with Crippen LogP contribution in [0.4, 0.5) is 0 Å². The molecule has 9 heavy (non-hydrogen) atoms. The summed E-state index contributed by atoms with van der Waals surface area (Å²) in [6.07, 6.45) is 4.35. The Morgan fingerprint density at radius 1 is 1.11 bits per heavy atom. The minimum atomic E-state index is 1.05. The lowest BCUT2D eigenvalue weighted by molar-refractivity contribution is 0.894. The van der Waals surface area contributed by atoms with Crippen LogP contribution < -0.4 is 5.32 Å². The largest absolute Gasteiger partial charge is 0.309 e. The van der Waals surface area contributed by atoms with Gasteiger partial charge in [0.2, 0.25) is 0 Å². The van der Waals surface area contributed by atoms with Crippen molar-refractivity contribution in [2.24, 2.45) is 0 Å². The van der Waals surface area contributed by atoms with E-state index in [4.69, 9.17) is 0 Å². The van der Waals surface area contributed by atoms with Crippen LogP contribution in [0.3, 0.4) is 0 Å². The SMILES string of the molecule is CC=C1CNCC1=CC. The second-order valence-electron chi connectivity index (χ2n) is 2.23. The van der Waals surface area contributed by atoms with Crippen LogP contribution in [0.5, 0.6) is 0 Å². The van der Waals surface area contributed by atoms with Gasteiger partial charge in [0.05, 0.1) is 0 Å². The molecule has 1 saturated heterocycles. The summed E-state index contributed by atoms with van der Waals surface area (Å²) in [7, 11) is 0. The van der Waals surface area contributed by atoms with Crippen molar-refractivity contribution in [2.75, 3.05) is 13.1 Å². The molecular weight excluding hydrogens is 110 g/mol. The molecule has 0 amide bonds. The molecular formula is C8H13N. The molecule has 0 bridgehead atoms. The fraction of sp³-hybridized carbons (Fsp3) is 0.500. The molecule has 0 aliphatic carbocycles. The minimum Gasteiger partial charge on any atom is -0.309 e. The van der Waals surface area contributed by atoms with Crippen molar-refractivity contribution in [1.82, 2.24) is 5.32 Å². The molecule has 0 unspecified atom stereocenters. The number of rotatable bonds is 0. The highest BCUT2D eigenvalue weighted by Crippen LogP contribution is 2.12. The van der Waals surface area contributed by atoms with E-state index in [1.165, 1.54) is 11.1 Å². The number of allylic oxidation sites excluding steroid dienone is 2. The topological polar surface area (TPSA) is 12.0 Å². The molecule has 1 aliphatic heterocycles. The summed E-state index contributed by atoms with van der Waals surface area (Å²) in [5.74, 6) is 0. The zero-order chi connectivity index (χ0) is 6.69. The standard InChI is InChI=1S/C8H13N/c1-3-7-5-9-6-8(7)4-2/h3-4,9H,5-6H2,1-2H3. The minimum absolute atomic E-state index is 1.05. The summed E-state index contributed by atoms with van der Waals surface area (Å²) in [4.78, 5) is 0. The smallest absolute Gasteiger partial charge is 0.0208 e. The van der Waals surface area contributed by atoms with Gasteiger partial charge < -0.3 is 5.32 Å². The zero-order valence-electron chi connectivity index (χ0n) is 6.07. The highest BCUT2D eigenvalue weighted by Gasteiger charge is 2.08. The van der Waals surface area contributed by atoms with Crippen LogP contribution in [0.1, 0.15) is 13.8 Å². The second kappa shape index (κ2) is 2.83. The van der Waals surface area contributed by atoms with E-state index >= 15 is 0 Å².